The first-order valence-corrected chi connectivity index (χ1v) is 31.9. The average Bonchev–Trinajstić information content (AvgIpc) is 1.55. The average molecular weight is 1210 g/mol. The van der Waals surface area contributed by atoms with E-state index in [0.29, 0.717) is 22.6 Å². The summed E-state index contributed by atoms with van der Waals surface area (Å²) in [6.07, 6.45) is 4.01. The van der Waals surface area contributed by atoms with E-state index in [1.807, 2.05) is 36.7 Å². The molecule has 0 bridgehead atoms. The minimum atomic E-state index is -1.07. The molecule has 10 heteroatoms. The van der Waals surface area contributed by atoms with E-state index in [0.717, 1.165) is 160 Å². The Morgan fingerprint density at radius 2 is 0.547 bits per heavy atom. The number of para-hydroxylation sites is 7. The fraction of sp³-hybridized carbons (Fsp3) is 0.0118. The van der Waals surface area contributed by atoms with Crippen LogP contribution in [0.3, 0.4) is 0 Å². The van der Waals surface area contributed by atoms with Crippen LogP contribution in [-0.2, 0) is 5.41 Å². The number of nitrogens with zero attached hydrogens (tertiary/aromatic N) is 9. The summed E-state index contributed by atoms with van der Waals surface area (Å²) >= 11 is 0. The van der Waals surface area contributed by atoms with Crippen molar-refractivity contribution in [3.8, 4) is 63.5 Å². The topological polar surface area (TPSA) is 107 Å². The minimum Gasteiger partial charge on any atom is -0.457 e. The summed E-state index contributed by atoms with van der Waals surface area (Å²) in [5.41, 5.74) is 20.9. The molecule has 19 aromatic rings. The summed E-state index contributed by atoms with van der Waals surface area (Å²) in [5, 5.41) is 31.3. The quantitative estimate of drug-likeness (QED) is 0.171. The molecule has 10 nitrogen and oxygen atoms in total. The third-order valence-corrected chi connectivity index (χ3v) is 20.4. The number of aromatic nitrogens is 7. The maximum absolute atomic E-state index is 10.2. The van der Waals surface area contributed by atoms with Gasteiger partial charge in [0.25, 0.3) is 0 Å². The van der Waals surface area contributed by atoms with Gasteiger partial charge in [-0.15, -0.1) is 0 Å². The molecule has 0 saturated heterocycles. The van der Waals surface area contributed by atoms with Crippen LogP contribution < -0.4 is 4.74 Å². The summed E-state index contributed by atoms with van der Waals surface area (Å²) in [6.45, 7) is 0. The third-order valence-electron chi connectivity index (χ3n) is 20.4. The van der Waals surface area contributed by atoms with Crippen molar-refractivity contribution in [2.24, 2.45) is 0 Å². The van der Waals surface area contributed by atoms with Crippen LogP contribution in [0.2, 0.25) is 0 Å². The predicted octanol–water partition coefficient (Wildman–Crippen LogP) is 20.2. The van der Waals surface area contributed by atoms with Crippen molar-refractivity contribution in [1.29, 1.82) is 10.5 Å². The maximum Gasteiger partial charge on any atom is 0.134 e. The number of ether oxygens (including phenoxy) is 1. The van der Waals surface area contributed by atoms with E-state index < -0.39 is 5.41 Å². The van der Waals surface area contributed by atoms with Gasteiger partial charge in [0.15, 0.2) is 0 Å². The van der Waals surface area contributed by atoms with Crippen LogP contribution in [0.1, 0.15) is 33.4 Å². The van der Waals surface area contributed by atoms with Crippen LogP contribution in [0.15, 0.2) is 285 Å². The smallest absolute Gasteiger partial charge is 0.134 e. The molecule has 8 heterocycles. The molecule has 0 fully saturated rings. The van der Waals surface area contributed by atoms with E-state index in [1.54, 1.807) is 0 Å². The van der Waals surface area contributed by atoms with Crippen molar-refractivity contribution in [3.63, 3.8) is 0 Å². The van der Waals surface area contributed by atoms with E-state index in [1.165, 1.54) is 10.8 Å². The molecule has 2 aliphatic rings. The normalized spacial score (nSPS) is 14.0. The fourth-order valence-corrected chi connectivity index (χ4v) is 16.6. The van der Waals surface area contributed by atoms with Crippen LogP contribution in [0, 0.1) is 22.7 Å². The molecule has 12 aromatic carbocycles. The zero-order valence-corrected chi connectivity index (χ0v) is 50.6. The zero-order valence-electron chi connectivity index (χ0n) is 50.6. The van der Waals surface area contributed by atoms with Crippen molar-refractivity contribution in [3.05, 3.63) is 319 Å². The number of nitriles is 2. The van der Waals surface area contributed by atoms with Gasteiger partial charge in [0.2, 0.25) is 0 Å². The first kappa shape index (κ1) is 51.5. The highest BCUT2D eigenvalue weighted by atomic mass is 16.5. The van der Waals surface area contributed by atoms with Gasteiger partial charge in [-0.25, -0.2) is 0 Å². The van der Waals surface area contributed by atoms with E-state index >= 15 is 0 Å². The van der Waals surface area contributed by atoms with Crippen LogP contribution in [-0.4, -0.2) is 32.8 Å². The number of hydrogen-bond donors (Lipinski definition) is 0. The van der Waals surface area contributed by atoms with Gasteiger partial charge in [-0.1, -0.05) is 140 Å². The molecule has 21 rings (SSSR count). The molecule has 1 aliphatic heterocycles. The van der Waals surface area contributed by atoms with E-state index in [4.69, 9.17) is 14.7 Å². The van der Waals surface area contributed by atoms with Crippen molar-refractivity contribution in [2.45, 2.75) is 5.41 Å². The van der Waals surface area contributed by atoms with Crippen LogP contribution in [0.5, 0.6) is 11.5 Å². The molecule has 1 unspecified atom stereocenters. The van der Waals surface area contributed by atoms with E-state index in [-0.39, 0.29) is 0 Å². The lowest BCUT2D eigenvalue weighted by Gasteiger charge is -2.39. The number of fused-ring (bicyclic) bond motifs is 24. The number of rotatable bonds is 5. The molecule has 0 N–H and O–H groups in total. The molecular weight excluding hydrogens is 1160 g/mol. The summed E-state index contributed by atoms with van der Waals surface area (Å²) in [7, 11) is 0. The molecule has 0 radical (unpaired) electrons. The standard InChI is InChI=1S/C85H47N9O/c86-46-50-29-36-78-64(39-50)61-19-5-12-26-75(61)90(78)52-33-38-80-66(41-52)63-21-7-13-27-76(63)92(80)54-32-35-68-82(45-54)95-81-44-53(91-71-22-8-1-15-57(71)58-16-2-9-23-72(58)91)31-34-67(81)85(68)69-42-55(93-73-24-10-3-17-59(73)60-18-4-11-25-74(60)93)48-88-83(69)84-70(85)43-56(49-89-84)94-77-28-14-6-20-62(77)65-40-51(47-87)30-37-79(65)94/h1-45,48-49H. The maximum atomic E-state index is 10.2. The summed E-state index contributed by atoms with van der Waals surface area (Å²) in [6, 6.07) is 102. The molecule has 95 heavy (non-hydrogen) atoms. The Kier molecular flexibility index (Phi) is 10.2. The van der Waals surface area contributed by atoms with Crippen molar-refractivity contribution >= 4 is 109 Å². The van der Waals surface area contributed by atoms with Gasteiger partial charge in [-0.3, -0.25) is 9.97 Å². The second kappa shape index (κ2) is 18.9. The summed E-state index contributed by atoms with van der Waals surface area (Å²) in [4.78, 5) is 11.2. The van der Waals surface area contributed by atoms with Gasteiger partial charge in [-0.2, -0.15) is 10.5 Å². The monoisotopic (exact) mass is 1210 g/mol. The Bertz CT molecular complexity index is 6650. The molecule has 438 valence electrons. The lowest BCUT2D eigenvalue weighted by atomic mass is 9.66. The van der Waals surface area contributed by atoms with E-state index in [9.17, 15) is 10.5 Å². The summed E-state index contributed by atoms with van der Waals surface area (Å²) < 4.78 is 19.4. The minimum absolute atomic E-state index is 0.601. The first-order valence-electron chi connectivity index (χ1n) is 31.9. The van der Waals surface area contributed by atoms with Crippen molar-refractivity contribution in [1.82, 2.24) is 32.8 Å². The Morgan fingerprint density at radius 1 is 0.263 bits per heavy atom. The third kappa shape index (κ3) is 6.83. The Labute approximate surface area is 541 Å². The second-order valence-corrected chi connectivity index (χ2v) is 25.1. The summed E-state index contributed by atoms with van der Waals surface area (Å²) in [5.74, 6) is 1.41. The largest absolute Gasteiger partial charge is 0.457 e. The number of pyridine rings is 2. The highest BCUT2D eigenvalue weighted by Gasteiger charge is 2.53. The highest BCUT2D eigenvalue weighted by Crippen LogP contribution is 2.63. The fourth-order valence-electron chi connectivity index (χ4n) is 16.6. The molecule has 0 saturated carbocycles. The van der Waals surface area contributed by atoms with E-state index in [2.05, 4.69) is 284 Å². The van der Waals surface area contributed by atoms with Gasteiger partial charge in [0.1, 0.15) is 11.5 Å². The number of benzene rings is 12. The predicted molar refractivity (Wildman–Crippen MR) is 381 cm³/mol. The van der Waals surface area contributed by atoms with Gasteiger partial charge in [-0.05, 0) is 121 Å². The van der Waals surface area contributed by atoms with Crippen LogP contribution in [0.25, 0.3) is 149 Å². The Morgan fingerprint density at radius 3 is 0.905 bits per heavy atom. The lowest BCUT2D eigenvalue weighted by molar-refractivity contribution is 0.436. The van der Waals surface area contributed by atoms with Gasteiger partial charge >= 0.3 is 0 Å². The lowest BCUT2D eigenvalue weighted by Crippen LogP contribution is -2.32. The number of hydrogen-bond acceptors (Lipinski definition) is 5. The molecule has 1 aliphatic carbocycles. The van der Waals surface area contributed by atoms with Crippen LogP contribution >= 0.6 is 0 Å². The van der Waals surface area contributed by atoms with Gasteiger partial charge in [0, 0.05) is 105 Å². The SMILES string of the molecule is N#Cc1ccc2c(c1)c1ccccc1n2-c1cnc2c(c1)C1(c3ccc(-n4c5ccccc5c5ccccc54)cc3Oc3cc(-n4c5ccccc5c5cc(-n6c7ccccc7c7cc(C#N)ccc76)ccc54)ccc31)c1cc(-n3c4ccccc4c4ccccc43)cnc1-2. The molecular formula is C85H47N9O. The molecule has 0 amide bonds. The second-order valence-electron chi connectivity index (χ2n) is 25.1. The zero-order chi connectivity index (χ0) is 62.4. The van der Waals surface area contributed by atoms with Crippen LogP contribution in [0.4, 0.5) is 0 Å². The van der Waals surface area contributed by atoms with Gasteiger partial charge < -0.3 is 27.6 Å². The Balaban J connectivity index is 0.850. The van der Waals surface area contributed by atoms with Crippen molar-refractivity contribution < 1.29 is 4.74 Å². The molecule has 1 atom stereocenters. The Hall–Kier alpha value is -13.3. The molecule has 7 aromatic heterocycles. The molecule has 1 spiro atoms. The van der Waals surface area contributed by atoms with Gasteiger partial charge in [0.05, 0.1) is 119 Å². The highest BCUT2D eigenvalue weighted by molar-refractivity contribution is 6.14. The van der Waals surface area contributed by atoms with Crippen molar-refractivity contribution in [2.75, 3.05) is 0 Å². The first-order chi connectivity index (χ1) is 47.0.